The van der Waals surface area contributed by atoms with E-state index in [2.05, 4.69) is 0 Å². The van der Waals surface area contributed by atoms with Gasteiger partial charge in [0.05, 0.1) is 12.2 Å². The topological polar surface area (TPSA) is 52.6 Å². The SMILES string of the molecule is CCCC=C(COC(=O)CC(C)C)C(=O)OCCC. The van der Waals surface area contributed by atoms with Gasteiger partial charge in [0.2, 0.25) is 0 Å². The zero-order valence-corrected chi connectivity index (χ0v) is 12.5. The van der Waals surface area contributed by atoms with E-state index >= 15 is 0 Å². The summed E-state index contributed by atoms with van der Waals surface area (Å²) in [5.74, 6) is -0.407. The van der Waals surface area contributed by atoms with Crippen molar-refractivity contribution in [2.75, 3.05) is 13.2 Å². The molecule has 0 saturated heterocycles. The minimum absolute atomic E-state index is 0.00804. The number of carbonyl (C=O) groups excluding carboxylic acids is 2. The fourth-order valence-electron chi connectivity index (χ4n) is 1.36. The van der Waals surface area contributed by atoms with E-state index in [-0.39, 0.29) is 24.5 Å². The molecule has 0 aliphatic heterocycles. The van der Waals surface area contributed by atoms with Crippen molar-refractivity contribution in [3.8, 4) is 0 Å². The molecule has 0 amide bonds. The van der Waals surface area contributed by atoms with Crippen LogP contribution in [-0.2, 0) is 19.1 Å². The fourth-order valence-corrected chi connectivity index (χ4v) is 1.36. The van der Waals surface area contributed by atoms with Gasteiger partial charge in [-0.1, -0.05) is 40.2 Å². The predicted molar refractivity (Wildman–Crippen MR) is 74.7 cm³/mol. The van der Waals surface area contributed by atoms with Gasteiger partial charge in [-0.3, -0.25) is 4.79 Å². The smallest absolute Gasteiger partial charge is 0.337 e. The first-order chi connectivity index (χ1) is 9.01. The molecule has 0 aromatic rings. The summed E-state index contributed by atoms with van der Waals surface area (Å²) in [5.41, 5.74) is 0.437. The number of unbranched alkanes of at least 4 members (excludes halogenated alkanes) is 1. The van der Waals surface area contributed by atoms with Gasteiger partial charge in [0.25, 0.3) is 0 Å². The van der Waals surface area contributed by atoms with E-state index in [1.165, 1.54) is 0 Å². The van der Waals surface area contributed by atoms with E-state index in [1.807, 2.05) is 27.7 Å². The monoisotopic (exact) mass is 270 g/mol. The molecule has 4 heteroatoms. The number of ether oxygens (including phenoxy) is 2. The lowest BCUT2D eigenvalue weighted by molar-refractivity contribution is -0.145. The molecular formula is C15H26O4. The van der Waals surface area contributed by atoms with E-state index < -0.39 is 0 Å². The molecule has 19 heavy (non-hydrogen) atoms. The van der Waals surface area contributed by atoms with Gasteiger partial charge >= 0.3 is 11.9 Å². The Hall–Kier alpha value is -1.32. The molecule has 0 aromatic heterocycles. The highest BCUT2D eigenvalue weighted by Crippen LogP contribution is 2.07. The summed E-state index contributed by atoms with van der Waals surface area (Å²) in [7, 11) is 0. The van der Waals surface area contributed by atoms with Crippen LogP contribution in [0.2, 0.25) is 0 Å². The van der Waals surface area contributed by atoms with Crippen molar-refractivity contribution < 1.29 is 19.1 Å². The largest absolute Gasteiger partial charge is 0.462 e. The minimum Gasteiger partial charge on any atom is -0.462 e. The summed E-state index contributed by atoms with van der Waals surface area (Å²) in [5, 5.41) is 0. The molecular weight excluding hydrogens is 244 g/mol. The molecule has 0 fully saturated rings. The molecule has 110 valence electrons. The van der Waals surface area contributed by atoms with E-state index in [0.29, 0.717) is 18.6 Å². The maximum Gasteiger partial charge on any atom is 0.337 e. The third kappa shape index (κ3) is 9.28. The van der Waals surface area contributed by atoms with Crippen molar-refractivity contribution in [3.05, 3.63) is 11.6 Å². The van der Waals surface area contributed by atoms with Gasteiger partial charge in [0.15, 0.2) is 0 Å². The number of esters is 2. The Kier molecular flexibility index (Phi) is 9.85. The maximum atomic E-state index is 11.8. The highest BCUT2D eigenvalue weighted by Gasteiger charge is 2.14. The third-order valence-electron chi connectivity index (χ3n) is 2.34. The van der Waals surface area contributed by atoms with Crippen LogP contribution >= 0.6 is 0 Å². The van der Waals surface area contributed by atoms with Crippen LogP contribution in [0.3, 0.4) is 0 Å². The summed E-state index contributed by atoms with van der Waals surface area (Å²) in [6.07, 6.45) is 4.65. The summed E-state index contributed by atoms with van der Waals surface area (Å²) in [6, 6.07) is 0. The number of rotatable bonds is 9. The first-order valence-corrected chi connectivity index (χ1v) is 7.03. The number of hydrogen-bond donors (Lipinski definition) is 0. The molecule has 0 aliphatic carbocycles. The van der Waals surface area contributed by atoms with E-state index in [1.54, 1.807) is 6.08 Å². The molecule has 0 heterocycles. The van der Waals surface area contributed by atoms with Gasteiger partial charge in [-0.05, 0) is 18.8 Å². The van der Waals surface area contributed by atoms with Gasteiger partial charge in [-0.2, -0.15) is 0 Å². The van der Waals surface area contributed by atoms with Crippen LogP contribution in [0.1, 0.15) is 53.4 Å². The lowest BCUT2D eigenvalue weighted by Crippen LogP contribution is -2.17. The Balaban J connectivity index is 4.35. The zero-order chi connectivity index (χ0) is 14.7. The first kappa shape index (κ1) is 17.7. The Morgan fingerprint density at radius 2 is 1.79 bits per heavy atom. The molecule has 4 nitrogen and oxygen atoms in total. The minimum atomic E-state index is -0.382. The second kappa shape index (κ2) is 10.6. The predicted octanol–water partition coefficient (Wildman–Crippen LogP) is 3.26. The Morgan fingerprint density at radius 1 is 1.11 bits per heavy atom. The molecule has 0 bridgehead atoms. The Morgan fingerprint density at radius 3 is 2.32 bits per heavy atom. The van der Waals surface area contributed by atoms with E-state index in [0.717, 1.165) is 19.3 Å². The van der Waals surface area contributed by atoms with Crippen molar-refractivity contribution >= 4 is 11.9 Å². The van der Waals surface area contributed by atoms with Crippen molar-refractivity contribution in [2.24, 2.45) is 5.92 Å². The molecule has 0 aliphatic rings. The summed E-state index contributed by atoms with van der Waals surface area (Å²) in [6.45, 7) is 8.26. The summed E-state index contributed by atoms with van der Waals surface area (Å²) in [4.78, 5) is 23.2. The number of hydrogen-bond acceptors (Lipinski definition) is 4. The van der Waals surface area contributed by atoms with Crippen molar-refractivity contribution in [2.45, 2.75) is 53.4 Å². The molecule has 0 N–H and O–H groups in total. The van der Waals surface area contributed by atoms with Crippen LogP contribution < -0.4 is 0 Å². The highest BCUT2D eigenvalue weighted by molar-refractivity contribution is 5.89. The molecule has 0 radical (unpaired) electrons. The highest BCUT2D eigenvalue weighted by atomic mass is 16.5. The summed E-state index contributed by atoms with van der Waals surface area (Å²) < 4.78 is 10.2. The standard InChI is InChI=1S/C15H26O4/c1-5-7-8-13(15(17)18-9-6-2)11-19-14(16)10-12(3)4/h8,12H,5-7,9-11H2,1-4H3. The second-order valence-corrected chi connectivity index (χ2v) is 4.91. The van der Waals surface area contributed by atoms with Gasteiger partial charge in [-0.15, -0.1) is 0 Å². The van der Waals surface area contributed by atoms with Crippen LogP contribution in [0, 0.1) is 5.92 Å². The van der Waals surface area contributed by atoms with Gasteiger partial charge < -0.3 is 9.47 Å². The molecule has 0 spiro atoms. The van der Waals surface area contributed by atoms with E-state index in [4.69, 9.17) is 9.47 Å². The molecule has 0 rings (SSSR count). The van der Waals surface area contributed by atoms with Crippen LogP contribution in [0.15, 0.2) is 11.6 Å². The zero-order valence-electron chi connectivity index (χ0n) is 12.5. The molecule has 0 unspecified atom stereocenters. The third-order valence-corrected chi connectivity index (χ3v) is 2.34. The van der Waals surface area contributed by atoms with Crippen LogP contribution in [0.4, 0.5) is 0 Å². The van der Waals surface area contributed by atoms with Gasteiger partial charge in [0.1, 0.15) is 6.61 Å². The Bertz CT molecular complexity index is 305. The number of carbonyl (C=O) groups is 2. The number of allylic oxidation sites excluding steroid dienone is 1. The van der Waals surface area contributed by atoms with Crippen molar-refractivity contribution in [3.63, 3.8) is 0 Å². The molecule has 0 aromatic carbocycles. The lowest BCUT2D eigenvalue weighted by Gasteiger charge is -2.10. The maximum absolute atomic E-state index is 11.8. The average Bonchev–Trinajstić information content (AvgIpc) is 2.35. The fraction of sp³-hybridized carbons (Fsp3) is 0.733. The second-order valence-electron chi connectivity index (χ2n) is 4.91. The Labute approximate surface area is 116 Å². The molecule has 0 saturated carbocycles. The average molecular weight is 270 g/mol. The normalized spacial score (nSPS) is 11.5. The quantitative estimate of drug-likeness (QED) is 0.476. The van der Waals surface area contributed by atoms with Crippen LogP contribution in [0.25, 0.3) is 0 Å². The van der Waals surface area contributed by atoms with Crippen molar-refractivity contribution in [1.82, 2.24) is 0 Å². The summed E-state index contributed by atoms with van der Waals surface area (Å²) >= 11 is 0. The molecule has 0 atom stereocenters. The van der Waals surface area contributed by atoms with E-state index in [9.17, 15) is 9.59 Å². The van der Waals surface area contributed by atoms with Crippen LogP contribution in [0.5, 0.6) is 0 Å². The van der Waals surface area contributed by atoms with Crippen LogP contribution in [-0.4, -0.2) is 25.2 Å². The van der Waals surface area contributed by atoms with Crippen molar-refractivity contribution in [1.29, 1.82) is 0 Å². The van der Waals surface area contributed by atoms with Gasteiger partial charge in [0, 0.05) is 6.42 Å². The first-order valence-electron chi connectivity index (χ1n) is 7.03. The lowest BCUT2D eigenvalue weighted by atomic mass is 10.1. The van der Waals surface area contributed by atoms with Gasteiger partial charge in [-0.25, -0.2) is 4.79 Å².